The summed E-state index contributed by atoms with van der Waals surface area (Å²) in [6.07, 6.45) is 3.61. The van der Waals surface area contributed by atoms with Crippen LogP contribution in [0.25, 0.3) is 11.3 Å². The Morgan fingerprint density at radius 3 is 2.38 bits per heavy atom. The van der Waals surface area contributed by atoms with E-state index in [0.29, 0.717) is 0 Å². The average molecular weight is 388 g/mol. The summed E-state index contributed by atoms with van der Waals surface area (Å²) >= 11 is 0. The molecule has 1 fully saturated rings. The van der Waals surface area contributed by atoms with Crippen LogP contribution >= 0.6 is 0 Å². The van der Waals surface area contributed by atoms with Crippen LogP contribution in [0.3, 0.4) is 0 Å². The largest absolute Gasteiger partial charge is 0.362 e. The monoisotopic (exact) mass is 387 g/mol. The van der Waals surface area contributed by atoms with Crippen LogP contribution in [0.15, 0.2) is 67.0 Å². The molecule has 2 heterocycles. The Morgan fingerprint density at radius 2 is 1.66 bits per heavy atom. The van der Waals surface area contributed by atoms with E-state index in [2.05, 4.69) is 82.6 Å². The van der Waals surface area contributed by atoms with E-state index in [4.69, 9.17) is 4.98 Å². The van der Waals surface area contributed by atoms with Gasteiger partial charge in [-0.3, -0.25) is 9.88 Å². The lowest BCUT2D eigenvalue weighted by atomic mass is 10.1. The number of hydrogen-bond acceptors (Lipinski definition) is 5. The minimum absolute atomic E-state index is 0.173. The molecule has 29 heavy (non-hydrogen) atoms. The molecule has 0 spiro atoms. The van der Waals surface area contributed by atoms with Crippen LogP contribution < -0.4 is 5.32 Å². The predicted molar refractivity (Wildman–Crippen MR) is 119 cm³/mol. The lowest BCUT2D eigenvalue weighted by Crippen LogP contribution is -2.43. The Hall–Kier alpha value is -2.76. The van der Waals surface area contributed by atoms with Gasteiger partial charge in [-0.1, -0.05) is 54.6 Å². The first-order chi connectivity index (χ1) is 14.2. The number of hydrogen-bond donors (Lipinski definition) is 1. The molecule has 1 unspecified atom stereocenters. The third-order valence-corrected chi connectivity index (χ3v) is 5.55. The van der Waals surface area contributed by atoms with Crippen LogP contribution in [0.4, 0.5) is 5.82 Å². The van der Waals surface area contributed by atoms with Crippen LogP contribution in [0, 0.1) is 0 Å². The van der Waals surface area contributed by atoms with Gasteiger partial charge in [0, 0.05) is 44.3 Å². The highest BCUT2D eigenvalue weighted by Gasteiger charge is 2.14. The zero-order valence-electron chi connectivity index (χ0n) is 17.3. The first-order valence-electron chi connectivity index (χ1n) is 10.3. The fraction of sp³-hybridized carbons (Fsp3) is 0.333. The maximum Gasteiger partial charge on any atom is 0.145 e. The van der Waals surface area contributed by atoms with Crippen molar-refractivity contribution < 1.29 is 0 Å². The summed E-state index contributed by atoms with van der Waals surface area (Å²) in [6.45, 7) is 7.71. The van der Waals surface area contributed by atoms with Crippen LogP contribution in [0.5, 0.6) is 0 Å². The normalized spacial score (nSPS) is 16.5. The van der Waals surface area contributed by atoms with Crippen molar-refractivity contribution in [2.24, 2.45) is 0 Å². The Labute approximate surface area is 173 Å². The van der Waals surface area contributed by atoms with Crippen molar-refractivity contribution in [3.63, 3.8) is 0 Å². The quantitative estimate of drug-likeness (QED) is 0.691. The van der Waals surface area contributed by atoms with Gasteiger partial charge in [-0.05, 0) is 25.1 Å². The van der Waals surface area contributed by atoms with E-state index in [0.717, 1.165) is 49.8 Å². The highest BCUT2D eigenvalue weighted by Crippen LogP contribution is 2.22. The molecule has 0 bridgehead atoms. The van der Waals surface area contributed by atoms with Crippen molar-refractivity contribution in [1.29, 1.82) is 0 Å². The van der Waals surface area contributed by atoms with Crippen LogP contribution in [0.1, 0.15) is 24.1 Å². The van der Waals surface area contributed by atoms with Crippen LogP contribution in [-0.2, 0) is 6.54 Å². The van der Waals surface area contributed by atoms with Crippen molar-refractivity contribution >= 4 is 5.82 Å². The lowest BCUT2D eigenvalue weighted by molar-refractivity contribution is 0.148. The van der Waals surface area contributed by atoms with Crippen LogP contribution in [0.2, 0.25) is 0 Å². The van der Waals surface area contributed by atoms with E-state index in [-0.39, 0.29) is 6.04 Å². The highest BCUT2D eigenvalue weighted by atomic mass is 15.2. The van der Waals surface area contributed by atoms with Gasteiger partial charge < -0.3 is 10.2 Å². The summed E-state index contributed by atoms with van der Waals surface area (Å²) < 4.78 is 0. The molecule has 4 rings (SSSR count). The molecule has 150 valence electrons. The molecule has 1 aromatic heterocycles. The first-order valence-corrected chi connectivity index (χ1v) is 10.3. The number of nitrogens with zero attached hydrogens (tertiary/aromatic N) is 4. The predicted octanol–water partition coefficient (Wildman–Crippen LogP) is 4.06. The molecule has 1 aliphatic rings. The third kappa shape index (κ3) is 5.19. The number of aromatic nitrogens is 2. The van der Waals surface area contributed by atoms with Crippen molar-refractivity contribution in [3.8, 4) is 11.3 Å². The van der Waals surface area contributed by atoms with Crippen molar-refractivity contribution in [1.82, 2.24) is 19.8 Å². The minimum atomic E-state index is 0.173. The van der Waals surface area contributed by atoms with Gasteiger partial charge in [-0.25, -0.2) is 4.98 Å². The molecule has 1 aliphatic heterocycles. The molecule has 1 N–H and O–H groups in total. The van der Waals surface area contributed by atoms with E-state index in [1.807, 2.05) is 12.3 Å². The van der Waals surface area contributed by atoms with Gasteiger partial charge in [-0.15, -0.1) is 0 Å². The van der Waals surface area contributed by atoms with E-state index in [9.17, 15) is 0 Å². The van der Waals surface area contributed by atoms with Crippen molar-refractivity contribution in [2.45, 2.75) is 19.5 Å². The molecule has 0 saturated carbocycles. The fourth-order valence-electron chi connectivity index (χ4n) is 3.67. The number of piperazine rings is 1. The van der Waals surface area contributed by atoms with Gasteiger partial charge in [0.25, 0.3) is 0 Å². The standard InChI is InChI=1S/C24H29N5/c1-19(21-6-4-3-5-7-21)26-24-17-25-16-23(27-24)22-10-8-20(9-11-22)18-29-14-12-28(2)13-15-29/h3-11,16-17,19H,12-15,18H2,1-2H3,(H,26,27). The van der Waals surface area contributed by atoms with E-state index in [1.54, 1.807) is 6.20 Å². The third-order valence-electron chi connectivity index (χ3n) is 5.55. The van der Waals surface area contributed by atoms with E-state index < -0.39 is 0 Å². The summed E-state index contributed by atoms with van der Waals surface area (Å²) in [4.78, 5) is 14.1. The SMILES string of the molecule is CC(Nc1cncc(-c2ccc(CN3CCN(C)CC3)cc2)n1)c1ccccc1. The summed E-state index contributed by atoms with van der Waals surface area (Å²) in [6, 6.07) is 19.3. The maximum atomic E-state index is 4.77. The fourth-order valence-corrected chi connectivity index (χ4v) is 3.67. The molecular formula is C24H29N5. The summed E-state index contributed by atoms with van der Waals surface area (Å²) in [5.41, 5.74) is 4.56. The van der Waals surface area contributed by atoms with Gasteiger partial charge in [0.05, 0.1) is 18.1 Å². The Kier molecular flexibility index (Phi) is 6.17. The molecule has 0 aliphatic carbocycles. The second-order valence-electron chi connectivity index (χ2n) is 7.84. The first kappa shape index (κ1) is 19.6. The molecule has 5 heteroatoms. The molecule has 0 radical (unpaired) electrons. The molecule has 2 aromatic carbocycles. The van der Waals surface area contributed by atoms with Gasteiger partial charge >= 0.3 is 0 Å². The maximum absolute atomic E-state index is 4.77. The number of nitrogens with one attached hydrogen (secondary N) is 1. The topological polar surface area (TPSA) is 44.3 Å². The van der Waals surface area contributed by atoms with Crippen molar-refractivity contribution in [2.75, 3.05) is 38.5 Å². The number of benzene rings is 2. The number of rotatable bonds is 6. The number of likely N-dealkylation sites (N-methyl/N-ethyl adjacent to an activating group) is 1. The highest BCUT2D eigenvalue weighted by molar-refractivity contribution is 5.60. The van der Waals surface area contributed by atoms with Crippen LogP contribution in [-0.4, -0.2) is 53.0 Å². The molecule has 3 aromatic rings. The Bertz CT molecular complexity index is 902. The van der Waals surface area contributed by atoms with Gasteiger partial charge in [0.1, 0.15) is 5.82 Å². The van der Waals surface area contributed by atoms with Gasteiger partial charge in [0.2, 0.25) is 0 Å². The zero-order valence-corrected chi connectivity index (χ0v) is 17.3. The second kappa shape index (κ2) is 9.16. The molecule has 5 nitrogen and oxygen atoms in total. The molecular weight excluding hydrogens is 358 g/mol. The lowest BCUT2D eigenvalue weighted by Gasteiger charge is -2.32. The molecule has 1 saturated heterocycles. The summed E-state index contributed by atoms with van der Waals surface area (Å²) in [5.74, 6) is 0.792. The molecule has 1 atom stereocenters. The zero-order chi connectivity index (χ0) is 20.1. The minimum Gasteiger partial charge on any atom is -0.362 e. The van der Waals surface area contributed by atoms with Crippen molar-refractivity contribution in [3.05, 3.63) is 78.1 Å². The smallest absolute Gasteiger partial charge is 0.145 e. The average Bonchev–Trinajstić information content (AvgIpc) is 2.77. The van der Waals surface area contributed by atoms with Gasteiger partial charge in [-0.2, -0.15) is 0 Å². The number of anilines is 1. The van der Waals surface area contributed by atoms with E-state index in [1.165, 1.54) is 11.1 Å². The van der Waals surface area contributed by atoms with E-state index >= 15 is 0 Å². The summed E-state index contributed by atoms with van der Waals surface area (Å²) in [5, 5.41) is 3.45. The Morgan fingerprint density at radius 1 is 0.931 bits per heavy atom. The summed E-state index contributed by atoms with van der Waals surface area (Å²) in [7, 11) is 2.19. The second-order valence-corrected chi connectivity index (χ2v) is 7.84. The molecule has 0 amide bonds. The van der Waals surface area contributed by atoms with Gasteiger partial charge in [0.15, 0.2) is 0 Å². The Balaban J connectivity index is 1.41.